The third-order valence-corrected chi connectivity index (χ3v) is 2.58. The smallest absolute Gasteiger partial charge is 0.353 e. The van der Waals surface area contributed by atoms with Crippen molar-refractivity contribution in [1.82, 2.24) is 9.78 Å². The number of benzene rings is 1. The SMILES string of the molecule is CCn1nc(C)c([N+](=O)[O-])c1Oc1ccc(O)cc1. The molecule has 2 rings (SSSR count). The average molecular weight is 263 g/mol. The first-order valence-corrected chi connectivity index (χ1v) is 5.71. The molecule has 0 aliphatic carbocycles. The van der Waals surface area contributed by atoms with Gasteiger partial charge in [0.05, 0.1) is 4.92 Å². The Morgan fingerprint density at radius 1 is 1.42 bits per heavy atom. The normalized spacial score (nSPS) is 10.4. The summed E-state index contributed by atoms with van der Waals surface area (Å²) in [6.45, 7) is 3.84. The molecular formula is C12H13N3O4. The predicted octanol–water partition coefficient (Wildman–Crippen LogP) is 2.62. The van der Waals surface area contributed by atoms with Crippen LogP contribution in [-0.4, -0.2) is 19.8 Å². The molecule has 0 saturated carbocycles. The molecule has 0 radical (unpaired) electrons. The van der Waals surface area contributed by atoms with Gasteiger partial charge in [0.25, 0.3) is 5.88 Å². The van der Waals surface area contributed by atoms with Crippen molar-refractivity contribution in [2.45, 2.75) is 20.4 Å². The Morgan fingerprint density at radius 3 is 2.58 bits per heavy atom. The zero-order chi connectivity index (χ0) is 14.0. The summed E-state index contributed by atoms with van der Waals surface area (Å²) in [5, 5.41) is 24.3. The van der Waals surface area contributed by atoms with Crippen molar-refractivity contribution < 1.29 is 14.8 Å². The molecule has 0 bridgehead atoms. The van der Waals surface area contributed by atoms with Gasteiger partial charge < -0.3 is 9.84 Å². The van der Waals surface area contributed by atoms with E-state index >= 15 is 0 Å². The highest BCUT2D eigenvalue weighted by Crippen LogP contribution is 2.34. The van der Waals surface area contributed by atoms with E-state index < -0.39 is 4.92 Å². The number of aromatic nitrogens is 2. The second-order valence-electron chi connectivity index (χ2n) is 3.91. The van der Waals surface area contributed by atoms with Crippen molar-refractivity contribution in [1.29, 1.82) is 0 Å². The molecule has 0 aliphatic heterocycles. The first kappa shape index (κ1) is 12.9. The highest BCUT2D eigenvalue weighted by Gasteiger charge is 2.26. The lowest BCUT2D eigenvalue weighted by Gasteiger charge is -2.06. The minimum Gasteiger partial charge on any atom is -0.508 e. The van der Waals surface area contributed by atoms with Crippen molar-refractivity contribution in [2.75, 3.05) is 0 Å². The molecule has 100 valence electrons. The lowest BCUT2D eigenvalue weighted by molar-refractivity contribution is -0.386. The fourth-order valence-corrected chi connectivity index (χ4v) is 1.70. The van der Waals surface area contributed by atoms with Crippen LogP contribution < -0.4 is 4.74 Å². The van der Waals surface area contributed by atoms with Gasteiger partial charge in [0.2, 0.25) is 0 Å². The molecule has 0 amide bonds. The van der Waals surface area contributed by atoms with E-state index in [0.717, 1.165) is 0 Å². The summed E-state index contributed by atoms with van der Waals surface area (Å²) in [6, 6.07) is 5.95. The zero-order valence-corrected chi connectivity index (χ0v) is 10.5. The van der Waals surface area contributed by atoms with Crippen molar-refractivity contribution in [3.63, 3.8) is 0 Å². The van der Waals surface area contributed by atoms with E-state index in [2.05, 4.69) is 5.10 Å². The molecule has 0 atom stereocenters. The number of hydrogen-bond donors (Lipinski definition) is 1. The van der Waals surface area contributed by atoms with Crippen LogP contribution in [-0.2, 0) is 6.54 Å². The molecule has 2 aromatic rings. The summed E-state index contributed by atoms with van der Waals surface area (Å²) in [6.07, 6.45) is 0. The Hall–Kier alpha value is -2.57. The number of nitro groups is 1. The van der Waals surface area contributed by atoms with Crippen LogP contribution >= 0.6 is 0 Å². The number of aromatic hydroxyl groups is 1. The third kappa shape index (κ3) is 2.49. The zero-order valence-electron chi connectivity index (χ0n) is 10.5. The van der Waals surface area contributed by atoms with Gasteiger partial charge in [0.1, 0.15) is 17.2 Å². The van der Waals surface area contributed by atoms with Crippen molar-refractivity contribution >= 4 is 5.69 Å². The molecular weight excluding hydrogens is 250 g/mol. The summed E-state index contributed by atoms with van der Waals surface area (Å²) < 4.78 is 6.95. The number of phenolic OH excluding ortho intramolecular Hbond substituents is 1. The van der Waals surface area contributed by atoms with Crippen molar-refractivity contribution in [2.24, 2.45) is 0 Å². The van der Waals surface area contributed by atoms with E-state index in [4.69, 9.17) is 4.74 Å². The van der Waals surface area contributed by atoms with Crippen LogP contribution in [0.1, 0.15) is 12.6 Å². The molecule has 19 heavy (non-hydrogen) atoms. The highest BCUT2D eigenvalue weighted by molar-refractivity contribution is 5.48. The van der Waals surface area contributed by atoms with Gasteiger partial charge in [-0.15, -0.1) is 0 Å². The standard InChI is InChI=1S/C12H13N3O4/c1-3-14-12(11(15(17)18)8(2)13-14)19-10-6-4-9(16)5-7-10/h4-7,16H,3H2,1-2H3. The maximum atomic E-state index is 11.0. The molecule has 0 fully saturated rings. The van der Waals surface area contributed by atoms with Crippen LogP contribution in [0.15, 0.2) is 24.3 Å². The van der Waals surface area contributed by atoms with E-state index in [1.54, 1.807) is 6.92 Å². The first-order chi connectivity index (χ1) is 9.02. The van der Waals surface area contributed by atoms with Crippen LogP contribution in [0.25, 0.3) is 0 Å². The fraction of sp³-hybridized carbons (Fsp3) is 0.250. The fourth-order valence-electron chi connectivity index (χ4n) is 1.70. The van der Waals surface area contributed by atoms with E-state index in [0.29, 0.717) is 18.0 Å². The predicted molar refractivity (Wildman–Crippen MR) is 67.5 cm³/mol. The lowest BCUT2D eigenvalue weighted by atomic mass is 10.3. The number of phenols is 1. The number of rotatable bonds is 4. The number of hydrogen-bond acceptors (Lipinski definition) is 5. The minimum absolute atomic E-state index is 0.0932. The maximum Gasteiger partial charge on any atom is 0.353 e. The largest absolute Gasteiger partial charge is 0.508 e. The minimum atomic E-state index is -0.510. The van der Waals surface area contributed by atoms with E-state index in [9.17, 15) is 15.2 Å². The topological polar surface area (TPSA) is 90.4 Å². The van der Waals surface area contributed by atoms with Crippen LogP contribution in [0.5, 0.6) is 17.4 Å². The quantitative estimate of drug-likeness (QED) is 0.676. The summed E-state index contributed by atoms with van der Waals surface area (Å²) >= 11 is 0. The lowest BCUT2D eigenvalue weighted by Crippen LogP contribution is -2.00. The monoisotopic (exact) mass is 263 g/mol. The molecule has 1 aromatic heterocycles. The van der Waals surface area contributed by atoms with Crippen LogP contribution in [0.2, 0.25) is 0 Å². The first-order valence-electron chi connectivity index (χ1n) is 5.71. The molecule has 0 unspecified atom stereocenters. The average Bonchev–Trinajstić information content (AvgIpc) is 2.68. The summed E-state index contributed by atoms with van der Waals surface area (Å²) in [7, 11) is 0. The van der Waals surface area contributed by atoms with Gasteiger partial charge in [0, 0.05) is 6.54 Å². The van der Waals surface area contributed by atoms with Gasteiger partial charge in [-0.2, -0.15) is 5.10 Å². The Kier molecular flexibility index (Phi) is 3.37. The van der Waals surface area contributed by atoms with Gasteiger partial charge in [-0.05, 0) is 38.1 Å². The second kappa shape index (κ2) is 4.97. The van der Waals surface area contributed by atoms with Crippen LogP contribution in [0, 0.1) is 17.0 Å². The van der Waals surface area contributed by atoms with Gasteiger partial charge in [-0.3, -0.25) is 10.1 Å². The second-order valence-corrected chi connectivity index (χ2v) is 3.91. The van der Waals surface area contributed by atoms with E-state index in [1.165, 1.54) is 28.9 Å². The van der Waals surface area contributed by atoms with E-state index in [-0.39, 0.29) is 17.3 Å². The molecule has 0 aliphatic rings. The van der Waals surface area contributed by atoms with Gasteiger partial charge in [-0.25, -0.2) is 4.68 Å². The van der Waals surface area contributed by atoms with E-state index in [1.807, 2.05) is 6.92 Å². The molecule has 7 heteroatoms. The maximum absolute atomic E-state index is 11.0. The molecule has 0 spiro atoms. The molecule has 1 N–H and O–H groups in total. The van der Waals surface area contributed by atoms with Crippen molar-refractivity contribution in [3.8, 4) is 17.4 Å². The summed E-state index contributed by atoms with van der Waals surface area (Å²) in [5.74, 6) is 0.591. The Balaban J connectivity index is 2.43. The molecule has 1 heterocycles. The van der Waals surface area contributed by atoms with Gasteiger partial charge >= 0.3 is 5.69 Å². The van der Waals surface area contributed by atoms with Crippen molar-refractivity contribution in [3.05, 3.63) is 40.1 Å². The Labute approximate surface area is 109 Å². The Morgan fingerprint density at radius 2 is 2.05 bits per heavy atom. The van der Waals surface area contributed by atoms with Crippen LogP contribution in [0.3, 0.4) is 0 Å². The third-order valence-electron chi connectivity index (χ3n) is 2.58. The summed E-state index contributed by atoms with van der Waals surface area (Å²) in [4.78, 5) is 10.5. The highest BCUT2D eigenvalue weighted by atomic mass is 16.6. The molecule has 0 saturated heterocycles. The molecule has 7 nitrogen and oxygen atoms in total. The summed E-state index contributed by atoms with van der Waals surface area (Å²) in [5.41, 5.74) is 0.163. The van der Waals surface area contributed by atoms with Crippen LogP contribution in [0.4, 0.5) is 5.69 Å². The number of ether oxygens (including phenoxy) is 1. The number of aryl methyl sites for hydroxylation is 2. The molecule has 1 aromatic carbocycles. The van der Waals surface area contributed by atoms with Gasteiger partial charge in [0.15, 0.2) is 0 Å². The number of nitrogens with zero attached hydrogens (tertiary/aromatic N) is 3. The van der Waals surface area contributed by atoms with Gasteiger partial charge in [-0.1, -0.05) is 0 Å². The Bertz CT molecular complexity index is 604.